The number of para-hydroxylation sites is 1. The summed E-state index contributed by atoms with van der Waals surface area (Å²) in [5.41, 5.74) is 0.643. The molecule has 0 saturated carbocycles. The monoisotopic (exact) mass is 354 g/mol. The summed E-state index contributed by atoms with van der Waals surface area (Å²) in [4.78, 5) is 39.1. The molecule has 8 heteroatoms. The van der Waals surface area contributed by atoms with Crippen molar-refractivity contribution in [1.82, 2.24) is 10.1 Å². The lowest BCUT2D eigenvalue weighted by molar-refractivity contribution is -0.139. The van der Waals surface area contributed by atoms with Gasteiger partial charge in [-0.1, -0.05) is 12.1 Å². The van der Waals surface area contributed by atoms with E-state index in [1.165, 1.54) is 11.0 Å². The number of rotatable bonds is 4. The topological polar surface area (TPSA) is 110 Å². The molecule has 1 atom stereocenters. The third-order valence-corrected chi connectivity index (χ3v) is 4.38. The van der Waals surface area contributed by atoms with Crippen LogP contribution in [0.2, 0.25) is 0 Å². The molecule has 2 amide bonds. The number of hydrogen-bond acceptors (Lipinski definition) is 5. The first-order valence-electron chi connectivity index (χ1n) is 8.26. The molecule has 1 saturated heterocycles. The summed E-state index contributed by atoms with van der Waals surface area (Å²) < 4.78 is 4.94. The fraction of sp³-hybridized carbons (Fsp3) is 0.333. The van der Waals surface area contributed by atoms with Crippen molar-refractivity contribution in [3.8, 4) is 6.07 Å². The summed E-state index contributed by atoms with van der Waals surface area (Å²) in [7, 11) is 0. The number of carbonyl (C=O) groups is 2. The van der Waals surface area contributed by atoms with E-state index in [2.05, 4.69) is 11.2 Å². The van der Waals surface area contributed by atoms with Gasteiger partial charge in [-0.15, -0.1) is 0 Å². The zero-order valence-electron chi connectivity index (χ0n) is 14.3. The molecule has 1 aromatic carbocycles. The Bertz CT molecular complexity index is 924. The van der Waals surface area contributed by atoms with Crippen LogP contribution in [0.1, 0.15) is 24.7 Å². The zero-order chi connectivity index (χ0) is 18.7. The average molecular weight is 354 g/mol. The molecular weight excluding hydrogens is 336 g/mol. The molecule has 1 aliphatic heterocycles. The van der Waals surface area contributed by atoms with Crippen LogP contribution >= 0.6 is 0 Å². The van der Waals surface area contributed by atoms with Gasteiger partial charge in [-0.3, -0.25) is 14.4 Å². The van der Waals surface area contributed by atoms with E-state index in [9.17, 15) is 19.6 Å². The molecule has 1 aromatic heterocycles. The Morgan fingerprint density at radius 1 is 1.38 bits per heavy atom. The third kappa shape index (κ3) is 3.52. The van der Waals surface area contributed by atoms with Crippen molar-refractivity contribution in [3.05, 3.63) is 52.0 Å². The number of anilines is 1. The van der Waals surface area contributed by atoms with Crippen molar-refractivity contribution in [1.29, 1.82) is 5.26 Å². The third-order valence-electron chi connectivity index (χ3n) is 4.38. The molecule has 1 aliphatic rings. The first kappa shape index (κ1) is 17.5. The Labute approximate surface area is 149 Å². The molecule has 1 fully saturated rings. The van der Waals surface area contributed by atoms with Gasteiger partial charge < -0.3 is 14.3 Å². The Morgan fingerprint density at radius 2 is 2.15 bits per heavy atom. The van der Waals surface area contributed by atoms with E-state index in [-0.39, 0.29) is 42.8 Å². The molecule has 0 spiro atoms. The number of nitrogens with one attached hydrogen (secondary N) is 1. The van der Waals surface area contributed by atoms with Crippen LogP contribution in [0.4, 0.5) is 5.69 Å². The Kier molecular flexibility index (Phi) is 4.89. The van der Waals surface area contributed by atoms with E-state index < -0.39 is 0 Å². The normalized spacial score (nSPS) is 17.2. The maximum absolute atomic E-state index is 12.6. The van der Waals surface area contributed by atoms with Gasteiger partial charge in [0.05, 0.1) is 11.3 Å². The van der Waals surface area contributed by atoms with Gasteiger partial charge in [-0.2, -0.15) is 10.4 Å². The van der Waals surface area contributed by atoms with Gasteiger partial charge in [0.2, 0.25) is 11.8 Å². The van der Waals surface area contributed by atoms with Gasteiger partial charge in [0.1, 0.15) is 18.4 Å². The second-order valence-corrected chi connectivity index (χ2v) is 6.18. The summed E-state index contributed by atoms with van der Waals surface area (Å²) >= 11 is 0. The molecule has 8 nitrogen and oxygen atoms in total. The Hall–Kier alpha value is -3.34. The predicted molar refractivity (Wildman–Crippen MR) is 92.3 cm³/mol. The highest BCUT2D eigenvalue weighted by molar-refractivity contribution is 5.99. The largest absolute Gasteiger partial charge is 0.384 e. The Balaban J connectivity index is 1.68. The number of nitrogens with zero attached hydrogens (tertiary/aromatic N) is 3. The van der Waals surface area contributed by atoms with E-state index >= 15 is 0 Å². The molecule has 0 bridgehead atoms. The molecule has 2 heterocycles. The smallest absolute Gasteiger partial charge is 0.280 e. The predicted octanol–water partition coefficient (Wildman–Crippen LogP) is 1.04. The standard InChI is InChI=1S/C18H18N4O4/c1-12-10-22(15-5-3-2-4-13(15)9-19)18(25)11-21(12)17(24)7-6-14-8-16(23)20-26-14/h2-5,8,12H,6-7,10-11H2,1H3,(H,20,23). The van der Waals surface area contributed by atoms with Crippen LogP contribution in [0.5, 0.6) is 0 Å². The second-order valence-electron chi connectivity index (χ2n) is 6.18. The summed E-state index contributed by atoms with van der Waals surface area (Å²) in [6, 6.07) is 10.1. The van der Waals surface area contributed by atoms with Gasteiger partial charge in [0, 0.05) is 31.5 Å². The SMILES string of the molecule is CC1CN(c2ccccc2C#N)C(=O)CN1C(=O)CCc1cc(=O)[nH]o1. The van der Waals surface area contributed by atoms with Gasteiger partial charge in [0.15, 0.2) is 0 Å². The number of aromatic nitrogens is 1. The maximum Gasteiger partial charge on any atom is 0.280 e. The van der Waals surface area contributed by atoms with Crippen molar-refractivity contribution < 1.29 is 14.1 Å². The van der Waals surface area contributed by atoms with E-state index in [1.807, 2.05) is 6.92 Å². The lowest BCUT2D eigenvalue weighted by Gasteiger charge is -2.39. The number of hydrogen-bond donors (Lipinski definition) is 1. The lowest BCUT2D eigenvalue weighted by atomic mass is 10.1. The van der Waals surface area contributed by atoms with Gasteiger partial charge in [0.25, 0.3) is 5.56 Å². The summed E-state index contributed by atoms with van der Waals surface area (Å²) in [5.74, 6) is -0.000781. The molecule has 2 aromatic rings. The van der Waals surface area contributed by atoms with Crippen LogP contribution in [-0.4, -0.2) is 41.0 Å². The first-order valence-corrected chi connectivity index (χ1v) is 8.26. The molecular formula is C18H18N4O4. The van der Waals surface area contributed by atoms with E-state index in [1.54, 1.807) is 29.2 Å². The number of aromatic amines is 1. The van der Waals surface area contributed by atoms with Crippen LogP contribution in [0.15, 0.2) is 39.6 Å². The summed E-state index contributed by atoms with van der Waals surface area (Å²) in [6.07, 6.45) is 0.434. The number of H-pyrrole nitrogens is 1. The Morgan fingerprint density at radius 3 is 2.85 bits per heavy atom. The molecule has 134 valence electrons. The van der Waals surface area contributed by atoms with Crippen molar-refractivity contribution in [2.24, 2.45) is 0 Å². The quantitative estimate of drug-likeness (QED) is 0.882. The van der Waals surface area contributed by atoms with Crippen molar-refractivity contribution in [2.45, 2.75) is 25.8 Å². The average Bonchev–Trinajstić information content (AvgIpc) is 3.06. The summed E-state index contributed by atoms with van der Waals surface area (Å²) in [5, 5.41) is 11.4. The summed E-state index contributed by atoms with van der Waals surface area (Å²) in [6.45, 7) is 2.14. The molecule has 1 N–H and O–H groups in total. The number of aryl methyl sites for hydroxylation is 1. The number of carbonyl (C=O) groups excluding carboxylic acids is 2. The molecule has 0 aliphatic carbocycles. The minimum absolute atomic E-state index is 0.0448. The van der Waals surface area contributed by atoms with Crippen LogP contribution in [-0.2, 0) is 16.0 Å². The highest BCUT2D eigenvalue weighted by atomic mass is 16.5. The molecule has 3 rings (SSSR count). The molecule has 0 radical (unpaired) electrons. The van der Waals surface area contributed by atoms with E-state index in [4.69, 9.17) is 4.52 Å². The van der Waals surface area contributed by atoms with Gasteiger partial charge in [-0.25, -0.2) is 0 Å². The lowest BCUT2D eigenvalue weighted by Crippen LogP contribution is -2.57. The zero-order valence-corrected chi connectivity index (χ0v) is 14.3. The minimum Gasteiger partial charge on any atom is -0.384 e. The van der Waals surface area contributed by atoms with Crippen molar-refractivity contribution >= 4 is 17.5 Å². The first-order chi connectivity index (χ1) is 12.5. The highest BCUT2D eigenvalue weighted by Crippen LogP contribution is 2.24. The van der Waals surface area contributed by atoms with Crippen LogP contribution in [0.3, 0.4) is 0 Å². The fourth-order valence-corrected chi connectivity index (χ4v) is 3.04. The van der Waals surface area contributed by atoms with E-state index in [0.29, 0.717) is 23.6 Å². The molecule has 26 heavy (non-hydrogen) atoms. The van der Waals surface area contributed by atoms with Crippen LogP contribution < -0.4 is 10.5 Å². The second kappa shape index (κ2) is 7.27. The number of piperazine rings is 1. The number of nitriles is 1. The van der Waals surface area contributed by atoms with Gasteiger partial charge in [-0.05, 0) is 19.1 Å². The van der Waals surface area contributed by atoms with Crippen molar-refractivity contribution in [3.63, 3.8) is 0 Å². The van der Waals surface area contributed by atoms with Crippen molar-refractivity contribution in [2.75, 3.05) is 18.0 Å². The van der Waals surface area contributed by atoms with Gasteiger partial charge >= 0.3 is 0 Å². The fourth-order valence-electron chi connectivity index (χ4n) is 3.04. The minimum atomic E-state index is -0.347. The van der Waals surface area contributed by atoms with E-state index in [0.717, 1.165) is 0 Å². The highest BCUT2D eigenvalue weighted by Gasteiger charge is 2.33. The van der Waals surface area contributed by atoms with Crippen LogP contribution in [0, 0.1) is 11.3 Å². The number of benzene rings is 1. The van der Waals surface area contributed by atoms with Crippen LogP contribution in [0.25, 0.3) is 0 Å². The molecule has 1 unspecified atom stereocenters. The number of amides is 2. The maximum atomic E-state index is 12.6.